The monoisotopic (exact) mass is 403 g/mol. The Bertz CT molecular complexity index is 729. The fourth-order valence-corrected chi connectivity index (χ4v) is 3.24. The van der Waals surface area contributed by atoms with Crippen LogP contribution in [0.2, 0.25) is 0 Å². The minimum absolute atomic E-state index is 0.0324. The molecule has 1 amide bonds. The molecule has 0 spiro atoms. The number of hydrogen-bond donors (Lipinski definition) is 1. The van der Waals surface area contributed by atoms with Gasteiger partial charge in [-0.3, -0.25) is 14.7 Å². The number of nitrogens with zero attached hydrogens (tertiary/aromatic N) is 2. The number of hydrogen-bond acceptors (Lipinski definition) is 8. The zero-order valence-electron chi connectivity index (χ0n) is 15.1. The van der Waals surface area contributed by atoms with Crippen LogP contribution in [-0.4, -0.2) is 46.0 Å². The van der Waals surface area contributed by atoms with Gasteiger partial charge in [0.1, 0.15) is 18.3 Å². The van der Waals surface area contributed by atoms with E-state index in [9.17, 15) is 18.8 Å². The molecule has 1 aliphatic heterocycles. The quantitative estimate of drug-likeness (QED) is 0.520. The molecule has 2 rings (SSSR count). The van der Waals surface area contributed by atoms with Crippen molar-refractivity contribution in [2.24, 2.45) is 0 Å². The molecular weight excluding hydrogens is 381 g/mol. The van der Waals surface area contributed by atoms with Gasteiger partial charge in [-0.1, -0.05) is 19.8 Å². The first kappa shape index (κ1) is 21.2. The van der Waals surface area contributed by atoms with Gasteiger partial charge in [0.2, 0.25) is 0 Å². The molecule has 9 nitrogen and oxygen atoms in total. The van der Waals surface area contributed by atoms with Crippen LogP contribution >= 0.6 is 11.8 Å². The smallest absolute Gasteiger partial charge is 0.412 e. The van der Waals surface area contributed by atoms with Gasteiger partial charge in [-0.05, 0) is 6.42 Å². The summed E-state index contributed by atoms with van der Waals surface area (Å²) in [5.41, 5.74) is -1.24. The molecule has 0 aliphatic carbocycles. The van der Waals surface area contributed by atoms with E-state index in [1.165, 1.54) is 18.7 Å². The van der Waals surface area contributed by atoms with E-state index >= 15 is 0 Å². The maximum Gasteiger partial charge on any atom is 0.412 e. The molecule has 1 aromatic heterocycles. The van der Waals surface area contributed by atoms with E-state index in [2.05, 4.69) is 10.3 Å². The molecule has 0 radical (unpaired) electrons. The highest BCUT2D eigenvalue weighted by Gasteiger charge is 2.29. The number of amides is 1. The van der Waals surface area contributed by atoms with Crippen molar-refractivity contribution in [3.8, 4) is 0 Å². The van der Waals surface area contributed by atoms with Crippen molar-refractivity contribution in [1.82, 2.24) is 9.55 Å². The molecule has 0 saturated carbocycles. The maximum absolute atomic E-state index is 14.2. The van der Waals surface area contributed by atoms with Crippen LogP contribution in [0, 0.1) is 5.82 Å². The number of rotatable bonds is 8. The Morgan fingerprint density at radius 3 is 2.93 bits per heavy atom. The third kappa shape index (κ3) is 6.51. The number of halogens is 1. The molecule has 0 aromatic carbocycles. The molecule has 2 heterocycles. The second-order valence-corrected chi connectivity index (χ2v) is 6.94. The van der Waals surface area contributed by atoms with E-state index in [0.29, 0.717) is 12.2 Å². The number of nitrogens with one attached hydrogen (secondary N) is 1. The average Bonchev–Trinajstić information content (AvgIpc) is 3.08. The minimum atomic E-state index is -0.892. The van der Waals surface area contributed by atoms with E-state index < -0.39 is 41.1 Å². The van der Waals surface area contributed by atoms with E-state index in [-0.39, 0.29) is 13.2 Å². The lowest BCUT2D eigenvalue weighted by molar-refractivity contribution is -0.144. The summed E-state index contributed by atoms with van der Waals surface area (Å²) in [6.07, 6.45) is 1.88. The Kier molecular flexibility index (Phi) is 8.04. The van der Waals surface area contributed by atoms with Crippen LogP contribution in [-0.2, 0) is 19.0 Å². The Hall–Kier alpha value is -2.14. The summed E-state index contributed by atoms with van der Waals surface area (Å²) in [5.74, 6) is -1.47. The van der Waals surface area contributed by atoms with Gasteiger partial charge in [0.15, 0.2) is 11.6 Å². The zero-order chi connectivity index (χ0) is 19.8. The van der Waals surface area contributed by atoms with Gasteiger partial charge in [0, 0.05) is 12.7 Å². The zero-order valence-corrected chi connectivity index (χ0v) is 15.9. The third-order valence-electron chi connectivity index (χ3n) is 3.57. The van der Waals surface area contributed by atoms with Crippen molar-refractivity contribution in [2.75, 3.05) is 24.3 Å². The molecule has 0 bridgehead atoms. The highest BCUT2D eigenvalue weighted by Crippen LogP contribution is 2.31. The van der Waals surface area contributed by atoms with Crippen LogP contribution in [0.3, 0.4) is 0 Å². The number of thioether (sulfide) groups is 1. The fourth-order valence-electron chi connectivity index (χ4n) is 2.25. The second-order valence-electron chi connectivity index (χ2n) is 5.75. The molecule has 0 unspecified atom stereocenters. The van der Waals surface area contributed by atoms with Crippen LogP contribution < -0.4 is 11.0 Å². The lowest BCUT2D eigenvalue weighted by atomic mass is 10.3. The van der Waals surface area contributed by atoms with Crippen LogP contribution in [0.4, 0.5) is 15.0 Å². The highest BCUT2D eigenvalue weighted by molar-refractivity contribution is 8.00. The third-order valence-corrected chi connectivity index (χ3v) is 4.67. The van der Waals surface area contributed by atoms with Gasteiger partial charge in [-0.25, -0.2) is 14.0 Å². The first-order valence-corrected chi connectivity index (χ1v) is 9.58. The Labute approximate surface area is 159 Å². The van der Waals surface area contributed by atoms with Gasteiger partial charge in [0.25, 0.3) is 0 Å². The molecular formula is C16H22FN3O6S. The number of esters is 1. The SMILES string of the molecule is CCCCCOC(=O)Nc1nc(=O)n([C@@H]2CS[C@H](COC(C)=O)O2)cc1F. The van der Waals surface area contributed by atoms with Gasteiger partial charge < -0.3 is 14.2 Å². The standard InChI is InChI=1S/C16H22FN3O6S/c1-3-4-5-6-24-16(23)19-14-11(17)7-20(15(22)18-14)12-9-27-13(26-12)8-25-10(2)21/h7,12-13H,3-6,8-9H2,1-2H3,(H,18,19,22,23)/t12-,13+/m0/s1. The van der Waals surface area contributed by atoms with Crippen LogP contribution in [0.5, 0.6) is 0 Å². The lowest BCUT2D eigenvalue weighted by Gasteiger charge is -2.15. The number of carbonyl (C=O) groups excluding carboxylic acids is 2. The maximum atomic E-state index is 14.2. The summed E-state index contributed by atoms with van der Waals surface area (Å²) in [6.45, 7) is 3.53. The molecule has 1 aliphatic rings. The molecule has 27 heavy (non-hydrogen) atoms. The largest absolute Gasteiger partial charge is 0.462 e. The van der Waals surface area contributed by atoms with Crippen molar-refractivity contribution in [1.29, 1.82) is 0 Å². The van der Waals surface area contributed by atoms with Gasteiger partial charge in [-0.2, -0.15) is 4.98 Å². The molecule has 1 saturated heterocycles. The summed E-state index contributed by atoms with van der Waals surface area (Å²) in [5, 5.41) is 2.12. The van der Waals surface area contributed by atoms with Crippen LogP contribution in [0.1, 0.15) is 39.3 Å². The number of anilines is 1. The Morgan fingerprint density at radius 2 is 2.22 bits per heavy atom. The molecule has 1 fully saturated rings. The predicted molar refractivity (Wildman–Crippen MR) is 96.0 cm³/mol. The number of carbonyl (C=O) groups is 2. The van der Waals surface area contributed by atoms with Gasteiger partial charge in [0.05, 0.1) is 12.8 Å². The lowest BCUT2D eigenvalue weighted by Crippen LogP contribution is -2.31. The average molecular weight is 403 g/mol. The molecule has 2 atom stereocenters. The van der Waals surface area contributed by atoms with Crippen molar-refractivity contribution in [3.63, 3.8) is 0 Å². The van der Waals surface area contributed by atoms with E-state index in [0.717, 1.165) is 23.6 Å². The number of unbranched alkanes of at least 4 members (excludes halogenated alkanes) is 2. The van der Waals surface area contributed by atoms with Crippen LogP contribution in [0.25, 0.3) is 0 Å². The van der Waals surface area contributed by atoms with Crippen molar-refractivity contribution in [2.45, 2.75) is 44.8 Å². The summed E-state index contributed by atoms with van der Waals surface area (Å²) >= 11 is 1.33. The predicted octanol–water partition coefficient (Wildman–Crippen LogP) is 2.27. The molecule has 1 N–H and O–H groups in total. The first-order chi connectivity index (χ1) is 12.9. The molecule has 1 aromatic rings. The normalized spacial score (nSPS) is 18.9. The number of ether oxygens (including phenoxy) is 3. The Balaban J connectivity index is 1.95. The summed E-state index contributed by atoms with van der Waals surface area (Å²) in [4.78, 5) is 38.2. The Morgan fingerprint density at radius 1 is 1.44 bits per heavy atom. The summed E-state index contributed by atoms with van der Waals surface area (Å²) < 4.78 is 30.5. The minimum Gasteiger partial charge on any atom is -0.462 e. The van der Waals surface area contributed by atoms with Gasteiger partial charge in [-0.15, -0.1) is 11.8 Å². The second kappa shape index (κ2) is 10.3. The van der Waals surface area contributed by atoms with Crippen molar-refractivity contribution < 1.29 is 28.2 Å². The molecule has 11 heteroatoms. The van der Waals surface area contributed by atoms with Gasteiger partial charge >= 0.3 is 17.8 Å². The van der Waals surface area contributed by atoms with Crippen LogP contribution in [0.15, 0.2) is 11.0 Å². The van der Waals surface area contributed by atoms with Crippen molar-refractivity contribution >= 4 is 29.6 Å². The van der Waals surface area contributed by atoms with E-state index in [4.69, 9.17) is 14.2 Å². The topological polar surface area (TPSA) is 109 Å². The first-order valence-electron chi connectivity index (χ1n) is 8.53. The summed E-state index contributed by atoms with van der Waals surface area (Å²) in [7, 11) is 0. The van der Waals surface area contributed by atoms with E-state index in [1.54, 1.807) is 0 Å². The van der Waals surface area contributed by atoms with Crippen molar-refractivity contribution in [3.05, 3.63) is 22.5 Å². The van der Waals surface area contributed by atoms with E-state index in [1.807, 2.05) is 6.92 Å². The fraction of sp³-hybridized carbons (Fsp3) is 0.625. The highest BCUT2D eigenvalue weighted by atomic mass is 32.2. The molecule has 150 valence electrons. The number of aromatic nitrogens is 2. The summed E-state index contributed by atoms with van der Waals surface area (Å²) in [6, 6.07) is 0.